The van der Waals surface area contributed by atoms with Crippen LogP contribution in [-0.4, -0.2) is 11.2 Å². The molecule has 0 spiro atoms. The van der Waals surface area contributed by atoms with Crippen LogP contribution in [0.3, 0.4) is 0 Å². The topological polar surface area (TPSA) is 29.5 Å². The van der Waals surface area contributed by atoms with E-state index in [-0.39, 0.29) is 24.3 Å². The molecule has 18 heavy (non-hydrogen) atoms. The standard InChI is InChI=1S/C15H21FO2/c1-10-6-7-13(8-11(10)2)18-15-12(9-17)4-3-5-14(15)16/h3-5,10-11,13,17H,6-9H2,1-2H3. The Morgan fingerprint density at radius 3 is 2.72 bits per heavy atom. The van der Waals surface area contributed by atoms with Crippen LogP contribution in [0.4, 0.5) is 4.39 Å². The van der Waals surface area contributed by atoms with Crippen LogP contribution < -0.4 is 4.74 Å². The van der Waals surface area contributed by atoms with Crippen molar-refractivity contribution in [2.45, 2.75) is 45.8 Å². The fraction of sp³-hybridized carbons (Fsp3) is 0.600. The highest BCUT2D eigenvalue weighted by molar-refractivity contribution is 5.34. The summed E-state index contributed by atoms with van der Waals surface area (Å²) in [6.45, 7) is 4.28. The molecule has 100 valence electrons. The minimum atomic E-state index is -0.382. The van der Waals surface area contributed by atoms with Gasteiger partial charge in [-0.25, -0.2) is 4.39 Å². The molecule has 3 atom stereocenters. The molecule has 1 saturated carbocycles. The van der Waals surface area contributed by atoms with Gasteiger partial charge in [0.1, 0.15) is 0 Å². The molecule has 0 saturated heterocycles. The van der Waals surface area contributed by atoms with Crippen molar-refractivity contribution in [3.8, 4) is 5.75 Å². The summed E-state index contributed by atoms with van der Waals surface area (Å²) in [6, 6.07) is 4.68. The van der Waals surface area contributed by atoms with Gasteiger partial charge in [-0.15, -0.1) is 0 Å². The maximum Gasteiger partial charge on any atom is 0.165 e. The lowest BCUT2D eigenvalue weighted by molar-refractivity contribution is 0.0941. The highest BCUT2D eigenvalue weighted by Crippen LogP contribution is 2.33. The molecule has 1 aliphatic carbocycles. The molecule has 1 N–H and O–H groups in total. The van der Waals surface area contributed by atoms with Gasteiger partial charge < -0.3 is 9.84 Å². The van der Waals surface area contributed by atoms with Gasteiger partial charge in [0.2, 0.25) is 0 Å². The highest BCUT2D eigenvalue weighted by atomic mass is 19.1. The average Bonchev–Trinajstić information content (AvgIpc) is 2.36. The van der Waals surface area contributed by atoms with Gasteiger partial charge in [-0.1, -0.05) is 26.0 Å². The fourth-order valence-electron chi connectivity index (χ4n) is 2.58. The van der Waals surface area contributed by atoms with Crippen molar-refractivity contribution >= 4 is 0 Å². The molecule has 3 heteroatoms. The predicted octanol–water partition coefficient (Wildman–Crippen LogP) is 3.52. The lowest BCUT2D eigenvalue weighted by Gasteiger charge is -2.32. The van der Waals surface area contributed by atoms with E-state index in [1.54, 1.807) is 12.1 Å². The number of hydrogen-bond donors (Lipinski definition) is 1. The molecule has 0 amide bonds. The fourth-order valence-corrected chi connectivity index (χ4v) is 2.58. The van der Waals surface area contributed by atoms with Crippen LogP contribution in [0.2, 0.25) is 0 Å². The first kappa shape index (κ1) is 13.3. The van der Waals surface area contributed by atoms with Crippen LogP contribution in [0.5, 0.6) is 5.75 Å². The van der Waals surface area contributed by atoms with Crippen LogP contribution in [-0.2, 0) is 6.61 Å². The summed E-state index contributed by atoms with van der Waals surface area (Å²) in [5, 5.41) is 9.22. The molecule has 3 unspecified atom stereocenters. The minimum Gasteiger partial charge on any atom is -0.487 e. The number of halogens is 1. The number of hydrogen-bond acceptors (Lipinski definition) is 2. The lowest BCUT2D eigenvalue weighted by Crippen LogP contribution is -2.29. The number of ether oxygens (including phenoxy) is 1. The molecular formula is C15H21FO2. The van der Waals surface area contributed by atoms with E-state index in [1.165, 1.54) is 6.07 Å². The third-order valence-corrected chi connectivity index (χ3v) is 4.05. The molecule has 2 nitrogen and oxygen atoms in total. The van der Waals surface area contributed by atoms with E-state index in [9.17, 15) is 9.50 Å². The first-order valence-electron chi connectivity index (χ1n) is 6.66. The maximum atomic E-state index is 13.7. The van der Waals surface area contributed by atoms with Crippen molar-refractivity contribution in [3.05, 3.63) is 29.6 Å². The van der Waals surface area contributed by atoms with Gasteiger partial charge in [0.15, 0.2) is 11.6 Å². The molecule has 1 fully saturated rings. The quantitative estimate of drug-likeness (QED) is 0.891. The van der Waals surface area contributed by atoms with Crippen LogP contribution in [0.25, 0.3) is 0 Å². The maximum absolute atomic E-state index is 13.7. The predicted molar refractivity (Wildman–Crippen MR) is 68.9 cm³/mol. The summed E-state index contributed by atoms with van der Waals surface area (Å²) in [4.78, 5) is 0. The monoisotopic (exact) mass is 252 g/mol. The minimum absolute atomic E-state index is 0.0680. The third-order valence-electron chi connectivity index (χ3n) is 4.05. The van der Waals surface area contributed by atoms with E-state index in [1.807, 2.05) is 0 Å². The van der Waals surface area contributed by atoms with Gasteiger partial charge in [0, 0.05) is 5.56 Å². The van der Waals surface area contributed by atoms with E-state index < -0.39 is 0 Å². The molecule has 1 aliphatic rings. The second kappa shape index (κ2) is 5.70. The molecule has 0 radical (unpaired) electrons. The summed E-state index contributed by atoms with van der Waals surface area (Å²) in [5.74, 6) is 1.16. The van der Waals surface area contributed by atoms with Crippen LogP contribution in [0.1, 0.15) is 38.7 Å². The van der Waals surface area contributed by atoms with Crippen molar-refractivity contribution in [1.29, 1.82) is 0 Å². The molecule has 0 bridgehead atoms. The summed E-state index contributed by atoms with van der Waals surface area (Å²) >= 11 is 0. The zero-order chi connectivity index (χ0) is 13.1. The van der Waals surface area contributed by atoms with Crippen molar-refractivity contribution < 1.29 is 14.2 Å². The van der Waals surface area contributed by atoms with E-state index in [4.69, 9.17) is 4.74 Å². The summed E-state index contributed by atoms with van der Waals surface area (Å²) < 4.78 is 19.5. The molecule has 0 aromatic heterocycles. The normalized spacial score (nSPS) is 28.1. The van der Waals surface area contributed by atoms with Crippen molar-refractivity contribution in [1.82, 2.24) is 0 Å². The number of aliphatic hydroxyl groups excluding tert-OH is 1. The SMILES string of the molecule is CC1CCC(Oc2c(F)cccc2CO)CC1C. The Labute approximate surface area is 108 Å². The average molecular weight is 252 g/mol. The van der Waals surface area contributed by atoms with E-state index in [0.717, 1.165) is 19.3 Å². The van der Waals surface area contributed by atoms with Gasteiger partial charge in [0.05, 0.1) is 12.7 Å². The van der Waals surface area contributed by atoms with E-state index in [0.29, 0.717) is 17.4 Å². The zero-order valence-electron chi connectivity index (χ0n) is 11.0. The van der Waals surface area contributed by atoms with Gasteiger partial charge in [-0.3, -0.25) is 0 Å². The van der Waals surface area contributed by atoms with Crippen molar-refractivity contribution in [2.75, 3.05) is 0 Å². The Bertz CT molecular complexity index is 405. The van der Waals surface area contributed by atoms with Crippen molar-refractivity contribution in [3.63, 3.8) is 0 Å². The Morgan fingerprint density at radius 1 is 1.28 bits per heavy atom. The number of aliphatic hydroxyl groups is 1. The van der Waals surface area contributed by atoms with Gasteiger partial charge in [-0.2, -0.15) is 0 Å². The third kappa shape index (κ3) is 2.83. The second-order valence-corrected chi connectivity index (χ2v) is 5.39. The van der Waals surface area contributed by atoms with E-state index >= 15 is 0 Å². The number of rotatable bonds is 3. The first-order chi connectivity index (χ1) is 8.61. The molecular weight excluding hydrogens is 231 g/mol. The first-order valence-corrected chi connectivity index (χ1v) is 6.66. The number of para-hydroxylation sites is 1. The molecule has 1 aromatic rings. The van der Waals surface area contributed by atoms with Crippen molar-refractivity contribution in [2.24, 2.45) is 11.8 Å². The summed E-state index contributed by atoms with van der Waals surface area (Å²) in [5.41, 5.74) is 0.529. The zero-order valence-corrected chi connectivity index (χ0v) is 11.0. The highest BCUT2D eigenvalue weighted by Gasteiger charge is 2.26. The smallest absolute Gasteiger partial charge is 0.165 e. The Kier molecular flexibility index (Phi) is 4.23. The molecule has 0 heterocycles. The van der Waals surface area contributed by atoms with Gasteiger partial charge >= 0.3 is 0 Å². The lowest BCUT2D eigenvalue weighted by atomic mass is 9.80. The van der Waals surface area contributed by atoms with Crippen LogP contribution in [0, 0.1) is 17.7 Å². The van der Waals surface area contributed by atoms with E-state index in [2.05, 4.69) is 13.8 Å². The molecule has 0 aliphatic heterocycles. The van der Waals surface area contributed by atoms with Crippen LogP contribution in [0.15, 0.2) is 18.2 Å². The summed E-state index contributed by atoms with van der Waals surface area (Å²) in [7, 11) is 0. The van der Waals surface area contributed by atoms with Crippen LogP contribution >= 0.6 is 0 Å². The molecule has 2 rings (SSSR count). The largest absolute Gasteiger partial charge is 0.487 e. The Hall–Kier alpha value is -1.09. The summed E-state index contributed by atoms with van der Waals surface area (Å²) in [6.07, 6.45) is 3.11. The second-order valence-electron chi connectivity index (χ2n) is 5.39. The van der Waals surface area contributed by atoms with Gasteiger partial charge in [0.25, 0.3) is 0 Å². The molecule has 1 aromatic carbocycles. The Balaban J connectivity index is 2.10. The Morgan fingerprint density at radius 2 is 2.06 bits per heavy atom. The number of benzene rings is 1. The van der Waals surface area contributed by atoms with Gasteiger partial charge in [-0.05, 0) is 37.2 Å².